The number of carbonyl (C=O) groups excluding carboxylic acids is 2. The molecule has 0 saturated carbocycles. The van der Waals surface area contributed by atoms with Gasteiger partial charge in [-0.05, 0) is 61.1 Å². The molecule has 4 N–H and O–H groups in total. The van der Waals surface area contributed by atoms with Crippen molar-refractivity contribution < 1.29 is 39.5 Å². The van der Waals surface area contributed by atoms with Gasteiger partial charge in [-0.15, -0.1) is 0 Å². The number of benzene rings is 2. The molecule has 2 unspecified atom stereocenters. The van der Waals surface area contributed by atoms with Gasteiger partial charge in [-0.3, -0.25) is 9.59 Å². The zero-order valence-corrected chi connectivity index (χ0v) is 22.2. The van der Waals surface area contributed by atoms with Crippen LogP contribution in [0.15, 0.2) is 97.2 Å². The number of ketones is 2. The third-order valence-corrected chi connectivity index (χ3v) is 6.18. The monoisotopic (exact) mass is 544 g/mol. The van der Waals surface area contributed by atoms with E-state index in [1.54, 1.807) is 12.2 Å². The Hall–Kier alpha value is -4.98. The van der Waals surface area contributed by atoms with E-state index in [0.717, 1.165) is 12.8 Å². The van der Waals surface area contributed by atoms with Crippen molar-refractivity contribution in [2.24, 2.45) is 11.8 Å². The minimum Gasteiger partial charge on any atom is -0.504 e. The van der Waals surface area contributed by atoms with Crippen LogP contribution < -0.4 is 9.47 Å². The lowest BCUT2D eigenvalue weighted by Gasteiger charge is -2.09. The van der Waals surface area contributed by atoms with Gasteiger partial charge in [0.25, 0.3) is 0 Å². The van der Waals surface area contributed by atoms with Gasteiger partial charge in [0.15, 0.2) is 34.6 Å². The Morgan fingerprint density at radius 3 is 1.40 bits per heavy atom. The standard InChI is InChI=1S/2C16H16O4/c2*1-20-16-14(18)10-8-12(15(16)19)13(17)9-7-11-5-3-2-4-6-11/h2*2-5,7-11,18-19H,6H2,1H3. The molecule has 2 atom stereocenters. The minimum atomic E-state index is -0.346. The van der Waals surface area contributed by atoms with Crippen LogP contribution in [0.2, 0.25) is 0 Å². The largest absolute Gasteiger partial charge is 0.504 e. The fourth-order valence-corrected chi connectivity index (χ4v) is 4.01. The first-order valence-electron chi connectivity index (χ1n) is 12.6. The second kappa shape index (κ2) is 14.2. The van der Waals surface area contributed by atoms with Gasteiger partial charge in [-0.2, -0.15) is 0 Å². The van der Waals surface area contributed by atoms with Gasteiger partial charge >= 0.3 is 0 Å². The van der Waals surface area contributed by atoms with Crippen molar-refractivity contribution >= 4 is 11.6 Å². The maximum Gasteiger partial charge on any atom is 0.203 e. The summed E-state index contributed by atoms with van der Waals surface area (Å²) in [4.78, 5) is 24.1. The molecule has 0 bridgehead atoms. The molecule has 4 rings (SSSR count). The van der Waals surface area contributed by atoms with E-state index in [9.17, 15) is 30.0 Å². The molecule has 0 aliphatic heterocycles. The predicted molar refractivity (Wildman–Crippen MR) is 152 cm³/mol. The highest BCUT2D eigenvalue weighted by atomic mass is 16.5. The first kappa shape index (κ1) is 29.6. The number of rotatable bonds is 8. The molecule has 0 radical (unpaired) electrons. The fraction of sp³-hybridized carbons (Fsp3) is 0.188. The Bertz CT molecular complexity index is 1300. The topological polar surface area (TPSA) is 134 Å². The van der Waals surface area contributed by atoms with Crippen LogP contribution in [0.3, 0.4) is 0 Å². The molecule has 2 aliphatic rings. The van der Waals surface area contributed by atoms with Crippen LogP contribution in [0.25, 0.3) is 0 Å². The minimum absolute atomic E-state index is 0.0928. The Balaban J connectivity index is 0.000000220. The number of methoxy groups -OCH3 is 2. The van der Waals surface area contributed by atoms with Gasteiger partial charge in [-0.1, -0.05) is 60.8 Å². The summed E-state index contributed by atoms with van der Waals surface area (Å²) in [6.45, 7) is 0. The van der Waals surface area contributed by atoms with Gasteiger partial charge in [-0.25, -0.2) is 0 Å². The van der Waals surface area contributed by atoms with Crippen molar-refractivity contribution in [1.29, 1.82) is 0 Å². The maximum atomic E-state index is 12.1. The summed E-state index contributed by atoms with van der Waals surface area (Å²) in [5.74, 6) is -1.57. The molecule has 0 spiro atoms. The van der Waals surface area contributed by atoms with E-state index in [1.165, 1.54) is 50.6 Å². The van der Waals surface area contributed by atoms with Crippen molar-refractivity contribution in [3.05, 3.63) is 108 Å². The number of carbonyl (C=O) groups is 2. The van der Waals surface area contributed by atoms with Crippen LogP contribution in [0, 0.1) is 11.8 Å². The van der Waals surface area contributed by atoms with Crippen LogP contribution in [-0.2, 0) is 0 Å². The molecule has 2 aromatic carbocycles. The average Bonchev–Trinajstić information content (AvgIpc) is 2.97. The van der Waals surface area contributed by atoms with E-state index in [4.69, 9.17) is 9.47 Å². The second-order valence-electron chi connectivity index (χ2n) is 8.90. The lowest BCUT2D eigenvalue weighted by Crippen LogP contribution is -1.99. The number of ether oxygens (including phenoxy) is 2. The molecule has 40 heavy (non-hydrogen) atoms. The van der Waals surface area contributed by atoms with Crippen LogP contribution in [0.1, 0.15) is 33.6 Å². The third-order valence-electron chi connectivity index (χ3n) is 6.18. The lowest BCUT2D eigenvalue weighted by atomic mass is 9.99. The molecular weight excluding hydrogens is 512 g/mol. The van der Waals surface area contributed by atoms with Crippen LogP contribution >= 0.6 is 0 Å². The summed E-state index contributed by atoms with van der Waals surface area (Å²) in [6.07, 6.45) is 24.0. The fourth-order valence-electron chi connectivity index (χ4n) is 4.01. The van der Waals surface area contributed by atoms with E-state index in [1.807, 2.05) is 48.6 Å². The summed E-state index contributed by atoms with van der Waals surface area (Å²) in [7, 11) is 2.63. The highest BCUT2D eigenvalue weighted by Crippen LogP contribution is 2.39. The summed E-state index contributed by atoms with van der Waals surface area (Å²) >= 11 is 0. The lowest BCUT2D eigenvalue weighted by molar-refractivity contribution is 0.103. The molecule has 0 saturated heterocycles. The second-order valence-corrected chi connectivity index (χ2v) is 8.90. The van der Waals surface area contributed by atoms with E-state index in [-0.39, 0.29) is 69.0 Å². The Morgan fingerprint density at radius 2 is 1.07 bits per heavy atom. The van der Waals surface area contributed by atoms with Crippen LogP contribution in [0.5, 0.6) is 34.5 Å². The first-order valence-corrected chi connectivity index (χ1v) is 12.6. The normalized spacial score (nSPS) is 17.6. The number of phenols is 4. The summed E-state index contributed by atoms with van der Waals surface area (Å²) < 4.78 is 9.73. The van der Waals surface area contributed by atoms with Crippen molar-refractivity contribution in [2.75, 3.05) is 14.2 Å². The number of hydrogen-bond donors (Lipinski definition) is 4. The molecule has 0 heterocycles. The number of allylic oxidation sites excluding steroid dienone is 12. The number of aromatic hydroxyl groups is 4. The molecule has 2 aromatic rings. The summed E-state index contributed by atoms with van der Waals surface area (Å²) in [6, 6.07) is 5.39. The van der Waals surface area contributed by atoms with Gasteiger partial charge in [0.2, 0.25) is 11.5 Å². The zero-order chi connectivity index (χ0) is 29.1. The molecule has 0 fully saturated rings. The molecule has 8 heteroatoms. The van der Waals surface area contributed by atoms with Crippen LogP contribution in [-0.4, -0.2) is 46.2 Å². The predicted octanol–water partition coefficient (Wildman–Crippen LogP) is 5.96. The van der Waals surface area contributed by atoms with Crippen molar-refractivity contribution in [3.8, 4) is 34.5 Å². The zero-order valence-electron chi connectivity index (χ0n) is 22.2. The highest BCUT2D eigenvalue weighted by molar-refractivity contribution is 6.07. The van der Waals surface area contributed by atoms with Crippen molar-refractivity contribution in [3.63, 3.8) is 0 Å². The first-order chi connectivity index (χ1) is 19.3. The van der Waals surface area contributed by atoms with E-state index in [0.29, 0.717) is 0 Å². The smallest absolute Gasteiger partial charge is 0.203 e. The quantitative estimate of drug-likeness (QED) is 0.236. The van der Waals surface area contributed by atoms with Gasteiger partial charge in [0.05, 0.1) is 25.3 Å². The van der Waals surface area contributed by atoms with Gasteiger partial charge in [0.1, 0.15) is 0 Å². The molecule has 8 nitrogen and oxygen atoms in total. The van der Waals surface area contributed by atoms with Crippen molar-refractivity contribution in [2.45, 2.75) is 12.8 Å². The van der Waals surface area contributed by atoms with Crippen LogP contribution in [0.4, 0.5) is 0 Å². The van der Waals surface area contributed by atoms with E-state index >= 15 is 0 Å². The maximum absolute atomic E-state index is 12.1. The molecule has 0 aromatic heterocycles. The van der Waals surface area contributed by atoms with E-state index in [2.05, 4.69) is 0 Å². The summed E-state index contributed by atoms with van der Waals surface area (Å²) in [5, 5.41) is 38.8. The Morgan fingerprint density at radius 1 is 0.675 bits per heavy atom. The van der Waals surface area contributed by atoms with Crippen molar-refractivity contribution in [1.82, 2.24) is 0 Å². The number of phenolic OH excluding ortho intramolecular Hbond substituents is 4. The van der Waals surface area contributed by atoms with E-state index < -0.39 is 0 Å². The molecular formula is C32H32O8. The Labute approximate surface area is 232 Å². The molecule has 2 aliphatic carbocycles. The van der Waals surface area contributed by atoms with Gasteiger partial charge < -0.3 is 29.9 Å². The third kappa shape index (κ3) is 7.54. The Kier molecular flexibility index (Phi) is 10.5. The highest BCUT2D eigenvalue weighted by Gasteiger charge is 2.18. The SMILES string of the molecule is COc1c(O)ccc(C(=O)C=CC2C=CC=CC2)c1O.COc1c(O)ccc(C(=O)C=CC2C=CC=CC2)c1O. The average molecular weight is 545 g/mol. The summed E-state index contributed by atoms with van der Waals surface area (Å²) in [5.41, 5.74) is 0.206. The molecule has 0 amide bonds. The number of hydrogen-bond acceptors (Lipinski definition) is 8. The molecule has 208 valence electrons. The van der Waals surface area contributed by atoms with Gasteiger partial charge in [0, 0.05) is 0 Å².